The Kier molecular flexibility index (Phi) is 4.76. The first-order chi connectivity index (χ1) is 5.75. The molecule has 0 aliphatic carbocycles. The van der Waals surface area contributed by atoms with Gasteiger partial charge < -0.3 is 0 Å². The summed E-state index contributed by atoms with van der Waals surface area (Å²) in [6.45, 7) is 5.76. The minimum Gasteiger partial charge on any atom is -0.295 e. The SMILES string of the molecule is CC.CN=C1N=CN=C(C)C1=N. The maximum absolute atomic E-state index is 7.38. The van der Waals surface area contributed by atoms with Gasteiger partial charge in [-0.1, -0.05) is 13.8 Å². The van der Waals surface area contributed by atoms with Crippen LogP contribution in [0.15, 0.2) is 15.0 Å². The van der Waals surface area contributed by atoms with Gasteiger partial charge in [0, 0.05) is 7.05 Å². The van der Waals surface area contributed by atoms with Crippen LogP contribution in [0.4, 0.5) is 0 Å². The van der Waals surface area contributed by atoms with Crippen LogP contribution in [0, 0.1) is 5.41 Å². The minimum absolute atomic E-state index is 0.310. The highest BCUT2D eigenvalue weighted by Crippen LogP contribution is 1.93. The summed E-state index contributed by atoms with van der Waals surface area (Å²) in [6, 6.07) is 0. The number of hydrogen-bond donors (Lipinski definition) is 1. The van der Waals surface area contributed by atoms with Gasteiger partial charge in [0.15, 0.2) is 5.84 Å². The number of aliphatic imine (C=N–C) groups is 3. The Morgan fingerprint density at radius 3 is 2.42 bits per heavy atom. The monoisotopic (exact) mass is 166 g/mol. The zero-order chi connectivity index (χ0) is 9.56. The predicted molar refractivity (Wildman–Crippen MR) is 54.0 cm³/mol. The van der Waals surface area contributed by atoms with E-state index in [0.717, 1.165) is 0 Å². The quantitative estimate of drug-likeness (QED) is 0.567. The van der Waals surface area contributed by atoms with Gasteiger partial charge >= 0.3 is 0 Å². The molecule has 0 unspecified atom stereocenters. The van der Waals surface area contributed by atoms with Crippen LogP contribution < -0.4 is 0 Å². The Morgan fingerprint density at radius 1 is 1.42 bits per heavy atom. The molecule has 12 heavy (non-hydrogen) atoms. The van der Waals surface area contributed by atoms with Crippen LogP contribution in [0.5, 0.6) is 0 Å². The molecule has 1 aliphatic heterocycles. The van der Waals surface area contributed by atoms with Crippen molar-refractivity contribution in [1.82, 2.24) is 0 Å². The van der Waals surface area contributed by atoms with Gasteiger partial charge in [-0.2, -0.15) is 0 Å². The third-order valence-corrected chi connectivity index (χ3v) is 1.23. The molecule has 0 amide bonds. The van der Waals surface area contributed by atoms with Gasteiger partial charge in [-0.05, 0) is 6.92 Å². The van der Waals surface area contributed by atoms with Crippen LogP contribution in [0.1, 0.15) is 20.8 Å². The minimum atomic E-state index is 0.310. The van der Waals surface area contributed by atoms with Crippen LogP contribution in [-0.4, -0.2) is 30.6 Å². The lowest BCUT2D eigenvalue weighted by molar-refractivity contribution is 1.40. The fraction of sp³-hybridized carbons (Fsp3) is 0.500. The number of nitrogens with zero attached hydrogens (tertiary/aromatic N) is 3. The standard InChI is InChI=1S/C6H8N4.C2H6/c1-4-5(7)6(8-2)10-3-9-4;1-2/h3,7H,1-2H3;1-2H3. The zero-order valence-corrected chi connectivity index (χ0v) is 7.92. The Balaban J connectivity index is 0.000000561. The third-order valence-electron chi connectivity index (χ3n) is 1.23. The molecular formula is C8H14N4. The second-order valence-corrected chi connectivity index (χ2v) is 1.88. The first-order valence-corrected chi connectivity index (χ1v) is 3.88. The van der Waals surface area contributed by atoms with Crippen molar-refractivity contribution in [2.45, 2.75) is 20.8 Å². The van der Waals surface area contributed by atoms with Crippen molar-refractivity contribution in [3.8, 4) is 0 Å². The Labute approximate surface area is 72.7 Å². The Hall–Kier alpha value is -1.32. The highest BCUT2D eigenvalue weighted by atomic mass is 15.0. The normalized spacial score (nSPS) is 18.5. The molecule has 0 aromatic rings. The summed E-state index contributed by atoms with van der Waals surface area (Å²) in [7, 11) is 1.61. The molecule has 66 valence electrons. The largest absolute Gasteiger partial charge is 0.295 e. The molecule has 0 aromatic heterocycles. The molecule has 1 rings (SSSR count). The number of rotatable bonds is 0. The van der Waals surface area contributed by atoms with Crippen molar-refractivity contribution in [3.05, 3.63) is 0 Å². The summed E-state index contributed by atoms with van der Waals surface area (Å²) in [5.41, 5.74) is 0.973. The number of nitrogens with one attached hydrogen (secondary N) is 1. The molecule has 0 fully saturated rings. The lowest BCUT2D eigenvalue weighted by Gasteiger charge is -2.04. The maximum Gasteiger partial charge on any atom is 0.175 e. The zero-order valence-electron chi connectivity index (χ0n) is 7.92. The highest BCUT2D eigenvalue weighted by Gasteiger charge is 2.10. The van der Waals surface area contributed by atoms with Gasteiger partial charge in [0.1, 0.15) is 12.1 Å². The summed E-state index contributed by atoms with van der Waals surface area (Å²) in [5.74, 6) is 0.451. The second-order valence-electron chi connectivity index (χ2n) is 1.88. The molecule has 0 radical (unpaired) electrons. The first kappa shape index (κ1) is 10.7. The summed E-state index contributed by atoms with van der Waals surface area (Å²) in [6.07, 6.45) is 1.41. The van der Waals surface area contributed by atoms with E-state index in [2.05, 4.69) is 15.0 Å². The summed E-state index contributed by atoms with van der Waals surface area (Å²) < 4.78 is 0. The lowest BCUT2D eigenvalue weighted by atomic mass is 10.2. The molecule has 0 aromatic carbocycles. The van der Waals surface area contributed by atoms with Gasteiger partial charge in [-0.25, -0.2) is 9.98 Å². The Morgan fingerprint density at radius 2 is 2.00 bits per heavy atom. The third kappa shape index (κ3) is 2.38. The molecule has 1 aliphatic rings. The van der Waals surface area contributed by atoms with E-state index in [1.54, 1.807) is 14.0 Å². The molecule has 0 saturated heterocycles. The smallest absolute Gasteiger partial charge is 0.175 e. The van der Waals surface area contributed by atoms with Crippen LogP contribution in [0.25, 0.3) is 0 Å². The molecule has 1 N–H and O–H groups in total. The van der Waals surface area contributed by atoms with E-state index in [4.69, 9.17) is 5.41 Å². The van der Waals surface area contributed by atoms with Crippen molar-refractivity contribution in [3.63, 3.8) is 0 Å². The van der Waals surface area contributed by atoms with Crippen molar-refractivity contribution in [1.29, 1.82) is 5.41 Å². The van der Waals surface area contributed by atoms with Crippen molar-refractivity contribution in [2.24, 2.45) is 15.0 Å². The number of hydrogen-bond acceptors (Lipinski definition) is 3. The summed E-state index contributed by atoms with van der Waals surface area (Å²) >= 11 is 0. The van der Waals surface area contributed by atoms with Crippen molar-refractivity contribution >= 4 is 23.6 Å². The van der Waals surface area contributed by atoms with Crippen LogP contribution in [0.2, 0.25) is 0 Å². The molecule has 0 saturated carbocycles. The second kappa shape index (κ2) is 5.35. The molecule has 0 spiro atoms. The molecule has 0 atom stereocenters. The van der Waals surface area contributed by atoms with E-state index in [9.17, 15) is 0 Å². The fourth-order valence-corrected chi connectivity index (χ4v) is 0.631. The van der Waals surface area contributed by atoms with Gasteiger partial charge in [0.25, 0.3) is 0 Å². The van der Waals surface area contributed by atoms with Crippen LogP contribution in [0.3, 0.4) is 0 Å². The number of amidine groups is 1. The van der Waals surface area contributed by atoms with E-state index >= 15 is 0 Å². The molecule has 4 heteroatoms. The molecule has 4 nitrogen and oxygen atoms in total. The summed E-state index contributed by atoms with van der Waals surface area (Å²) in [4.78, 5) is 11.4. The van der Waals surface area contributed by atoms with Gasteiger partial charge in [0.2, 0.25) is 0 Å². The molecular weight excluding hydrogens is 152 g/mol. The average Bonchev–Trinajstić information content (AvgIpc) is 2.13. The first-order valence-electron chi connectivity index (χ1n) is 3.88. The molecule has 1 heterocycles. The summed E-state index contributed by atoms with van der Waals surface area (Å²) in [5, 5.41) is 7.38. The van der Waals surface area contributed by atoms with E-state index < -0.39 is 0 Å². The lowest BCUT2D eigenvalue weighted by Crippen LogP contribution is -2.22. The van der Waals surface area contributed by atoms with E-state index in [1.807, 2.05) is 13.8 Å². The van der Waals surface area contributed by atoms with E-state index in [1.165, 1.54) is 6.34 Å². The fourth-order valence-electron chi connectivity index (χ4n) is 0.631. The maximum atomic E-state index is 7.38. The molecule has 0 bridgehead atoms. The highest BCUT2D eigenvalue weighted by molar-refractivity contribution is 6.68. The predicted octanol–water partition coefficient (Wildman–Crippen LogP) is 1.56. The van der Waals surface area contributed by atoms with Crippen molar-refractivity contribution in [2.75, 3.05) is 7.05 Å². The van der Waals surface area contributed by atoms with Crippen LogP contribution >= 0.6 is 0 Å². The Bertz CT molecular complexity index is 248. The van der Waals surface area contributed by atoms with Gasteiger partial charge in [0.05, 0.1) is 5.71 Å². The van der Waals surface area contributed by atoms with Crippen molar-refractivity contribution < 1.29 is 0 Å². The van der Waals surface area contributed by atoms with Gasteiger partial charge in [-0.3, -0.25) is 10.4 Å². The van der Waals surface area contributed by atoms with E-state index in [-0.39, 0.29) is 0 Å². The average molecular weight is 166 g/mol. The topological polar surface area (TPSA) is 60.9 Å². The van der Waals surface area contributed by atoms with Crippen LogP contribution in [-0.2, 0) is 0 Å². The van der Waals surface area contributed by atoms with Gasteiger partial charge in [-0.15, -0.1) is 0 Å². The van der Waals surface area contributed by atoms with E-state index in [0.29, 0.717) is 17.3 Å².